The molecule has 0 radical (unpaired) electrons. The second kappa shape index (κ2) is 6.15. The van der Waals surface area contributed by atoms with Gasteiger partial charge in [0.15, 0.2) is 0 Å². The zero-order valence-corrected chi connectivity index (χ0v) is 12.3. The van der Waals surface area contributed by atoms with E-state index in [1.54, 1.807) is 17.3 Å². The summed E-state index contributed by atoms with van der Waals surface area (Å²) in [6, 6.07) is 13.1. The van der Waals surface area contributed by atoms with Crippen molar-refractivity contribution in [3.63, 3.8) is 0 Å². The van der Waals surface area contributed by atoms with Crippen LogP contribution in [-0.2, 0) is 12.1 Å². The van der Waals surface area contributed by atoms with E-state index in [1.807, 2.05) is 42.5 Å². The standard InChI is InChI=1S/C17H19N3O2/c21-16(19-12-14-5-4-9-18-11-14)20-10-8-17(22,13-20)15-6-2-1-3-7-15/h1-7,9,11,22H,8,10,12-13H2,(H,19,21). The third kappa shape index (κ3) is 3.09. The van der Waals surface area contributed by atoms with Crippen LogP contribution >= 0.6 is 0 Å². The predicted octanol–water partition coefficient (Wildman–Crippen LogP) is 1.88. The summed E-state index contributed by atoms with van der Waals surface area (Å²) in [5.41, 5.74) is 0.860. The zero-order chi connectivity index (χ0) is 15.4. The molecule has 0 spiro atoms. The summed E-state index contributed by atoms with van der Waals surface area (Å²) < 4.78 is 0. The van der Waals surface area contributed by atoms with Crippen molar-refractivity contribution >= 4 is 6.03 Å². The number of aliphatic hydroxyl groups is 1. The molecule has 114 valence electrons. The molecular formula is C17H19N3O2. The summed E-state index contributed by atoms with van der Waals surface area (Å²) in [5.74, 6) is 0. The van der Waals surface area contributed by atoms with Crippen LogP contribution in [0.5, 0.6) is 0 Å². The molecule has 0 aliphatic carbocycles. The SMILES string of the molecule is O=C(NCc1cccnc1)N1CCC(O)(c2ccccc2)C1. The van der Waals surface area contributed by atoms with Crippen LogP contribution in [0.25, 0.3) is 0 Å². The first-order valence-electron chi connectivity index (χ1n) is 7.37. The highest BCUT2D eigenvalue weighted by atomic mass is 16.3. The van der Waals surface area contributed by atoms with Gasteiger partial charge in [0.05, 0.1) is 6.54 Å². The van der Waals surface area contributed by atoms with E-state index in [0.29, 0.717) is 26.1 Å². The fourth-order valence-corrected chi connectivity index (χ4v) is 2.74. The van der Waals surface area contributed by atoms with E-state index in [1.165, 1.54) is 0 Å². The molecule has 2 heterocycles. The third-order valence-electron chi connectivity index (χ3n) is 4.01. The molecule has 2 aromatic rings. The van der Waals surface area contributed by atoms with Crippen LogP contribution in [0.15, 0.2) is 54.9 Å². The monoisotopic (exact) mass is 297 g/mol. The molecule has 1 aliphatic heterocycles. The van der Waals surface area contributed by atoms with Crippen molar-refractivity contribution in [2.45, 2.75) is 18.6 Å². The zero-order valence-electron chi connectivity index (χ0n) is 12.3. The van der Waals surface area contributed by atoms with Gasteiger partial charge in [-0.3, -0.25) is 4.98 Å². The summed E-state index contributed by atoms with van der Waals surface area (Å²) in [6.45, 7) is 1.30. The Kier molecular flexibility index (Phi) is 4.06. The number of likely N-dealkylation sites (tertiary alicyclic amines) is 1. The molecule has 0 bridgehead atoms. The van der Waals surface area contributed by atoms with Crippen molar-refractivity contribution in [1.29, 1.82) is 0 Å². The van der Waals surface area contributed by atoms with Gasteiger partial charge in [-0.15, -0.1) is 0 Å². The molecule has 1 saturated heterocycles. The van der Waals surface area contributed by atoms with E-state index >= 15 is 0 Å². The fraction of sp³-hybridized carbons (Fsp3) is 0.294. The second-order valence-corrected chi connectivity index (χ2v) is 5.59. The van der Waals surface area contributed by atoms with Crippen LogP contribution in [-0.4, -0.2) is 34.1 Å². The first-order valence-corrected chi connectivity index (χ1v) is 7.37. The lowest BCUT2D eigenvalue weighted by atomic mass is 9.93. The van der Waals surface area contributed by atoms with E-state index in [-0.39, 0.29) is 6.03 Å². The van der Waals surface area contributed by atoms with Gasteiger partial charge >= 0.3 is 6.03 Å². The van der Waals surface area contributed by atoms with Gasteiger partial charge in [-0.05, 0) is 23.6 Å². The number of aromatic nitrogens is 1. The molecule has 1 aromatic heterocycles. The summed E-state index contributed by atoms with van der Waals surface area (Å²) >= 11 is 0. The average Bonchev–Trinajstić information content (AvgIpc) is 2.98. The van der Waals surface area contributed by atoms with Crippen molar-refractivity contribution in [3.05, 3.63) is 66.0 Å². The van der Waals surface area contributed by atoms with Crippen molar-refractivity contribution in [3.8, 4) is 0 Å². The van der Waals surface area contributed by atoms with Crippen LogP contribution in [0.3, 0.4) is 0 Å². The molecule has 1 fully saturated rings. The van der Waals surface area contributed by atoms with Crippen LogP contribution in [0, 0.1) is 0 Å². The molecule has 1 atom stereocenters. The minimum atomic E-state index is -0.951. The Morgan fingerprint density at radius 3 is 2.82 bits per heavy atom. The average molecular weight is 297 g/mol. The summed E-state index contributed by atoms with van der Waals surface area (Å²) in [4.78, 5) is 17.9. The molecular weight excluding hydrogens is 278 g/mol. The second-order valence-electron chi connectivity index (χ2n) is 5.59. The molecule has 1 aromatic carbocycles. The Balaban J connectivity index is 1.59. The lowest BCUT2D eigenvalue weighted by molar-refractivity contribution is 0.0494. The quantitative estimate of drug-likeness (QED) is 0.909. The lowest BCUT2D eigenvalue weighted by Gasteiger charge is -2.24. The molecule has 3 rings (SSSR count). The predicted molar refractivity (Wildman–Crippen MR) is 83.0 cm³/mol. The number of hydrogen-bond acceptors (Lipinski definition) is 3. The Morgan fingerprint density at radius 2 is 2.09 bits per heavy atom. The Hall–Kier alpha value is -2.40. The highest BCUT2D eigenvalue weighted by Gasteiger charge is 2.39. The van der Waals surface area contributed by atoms with Crippen LogP contribution in [0.2, 0.25) is 0 Å². The minimum Gasteiger partial charge on any atom is -0.383 e. The van der Waals surface area contributed by atoms with Gasteiger partial charge in [-0.1, -0.05) is 36.4 Å². The number of nitrogens with zero attached hydrogens (tertiary/aromatic N) is 2. The van der Waals surface area contributed by atoms with Crippen LogP contribution in [0.1, 0.15) is 17.5 Å². The van der Waals surface area contributed by atoms with Crippen LogP contribution in [0.4, 0.5) is 4.79 Å². The fourth-order valence-electron chi connectivity index (χ4n) is 2.74. The number of amides is 2. The Morgan fingerprint density at radius 1 is 1.27 bits per heavy atom. The molecule has 1 aliphatic rings. The number of urea groups is 1. The molecule has 5 nitrogen and oxygen atoms in total. The van der Waals surface area contributed by atoms with E-state index in [9.17, 15) is 9.90 Å². The van der Waals surface area contributed by atoms with Crippen molar-refractivity contribution in [2.24, 2.45) is 0 Å². The molecule has 1 unspecified atom stereocenters. The number of pyridine rings is 1. The molecule has 5 heteroatoms. The lowest BCUT2D eigenvalue weighted by Crippen LogP contribution is -2.40. The minimum absolute atomic E-state index is 0.157. The van der Waals surface area contributed by atoms with E-state index in [4.69, 9.17) is 0 Å². The molecule has 22 heavy (non-hydrogen) atoms. The first kappa shape index (κ1) is 14.5. The normalized spacial score (nSPS) is 20.9. The number of β-amino-alcohol motifs (C(OH)–C–C–N with tert-alkyl or cyclic N) is 1. The molecule has 2 N–H and O–H groups in total. The number of carbonyl (C=O) groups excluding carboxylic acids is 1. The number of nitrogens with one attached hydrogen (secondary N) is 1. The largest absolute Gasteiger partial charge is 0.383 e. The molecule has 0 saturated carbocycles. The topological polar surface area (TPSA) is 65.5 Å². The van der Waals surface area contributed by atoms with Crippen molar-refractivity contribution < 1.29 is 9.90 Å². The highest BCUT2D eigenvalue weighted by Crippen LogP contribution is 2.31. The maximum atomic E-state index is 12.2. The number of carbonyl (C=O) groups is 1. The van der Waals surface area contributed by atoms with Crippen molar-refractivity contribution in [1.82, 2.24) is 15.2 Å². The van der Waals surface area contributed by atoms with Gasteiger partial charge in [-0.2, -0.15) is 0 Å². The summed E-state index contributed by atoms with van der Waals surface area (Å²) in [6.07, 6.45) is 3.98. The maximum Gasteiger partial charge on any atom is 0.317 e. The summed E-state index contributed by atoms with van der Waals surface area (Å²) in [5, 5.41) is 13.6. The highest BCUT2D eigenvalue weighted by molar-refractivity contribution is 5.74. The number of hydrogen-bond donors (Lipinski definition) is 2. The van der Waals surface area contributed by atoms with Gasteiger partial charge in [0, 0.05) is 25.5 Å². The van der Waals surface area contributed by atoms with Gasteiger partial charge in [-0.25, -0.2) is 4.79 Å². The van der Waals surface area contributed by atoms with Gasteiger partial charge in [0.2, 0.25) is 0 Å². The Labute approximate surface area is 129 Å². The number of rotatable bonds is 3. The smallest absolute Gasteiger partial charge is 0.317 e. The van der Waals surface area contributed by atoms with E-state index in [2.05, 4.69) is 10.3 Å². The van der Waals surface area contributed by atoms with Crippen LogP contribution < -0.4 is 5.32 Å². The van der Waals surface area contributed by atoms with Crippen molar-refractivity contribution in [2.75, 3.05) is 13.1 Å². The Bertz CT molecular complexity index is 633. The van der Waals surface area contributed by atoms with Gasteiger partial charge < -0.3 is 15.3 Å². The molecule has 2 amide bonds. The first-order chi connectivity index (χ1) is 10.7. The maximum absolute atomic E-state index is 12.2. The van der Waals surface area contributed by atoms with Gasteiger partial charge in [0.1, 0.15) is 5.60 Å². The third-order valence-corrected chi connectivity index (χ3v) is 4.01. The van der Waals surface area contributed by atoms with E-state index in [0.717, 1.165) is 11.1 Å². The van der Waals surface area contributed by atoms with E-state index < -0.39 is 5.60 Å². The van der Waals surface area contributed by atoms with Gasteiger partial charge in [0.25, 0.3) is 0 Å². The number of benzene rings is 1. The summed E-state index contributed by atoms with van der Waals surface area (Å²) in [7, 11) is 0.